The van der Waals surface area contributed by atoms with Crippen LogP contribution in [0.2, 0.25) is 0 Å². The van der Waals surface area contributed by atoms with Gasteiger partial charge in [0.25, 0.3) is 5.56 Å². The molecule has 0 spiro atoms. The Morgan fingerprint density at radius 2 is 1.63 bits per heavy atom. The van der Waals surface area contributed by atoms with E-state index in [1.807, 2.05) is 32.0 Å². The molecule has 0 fully saturated rings. The smallest absolute Gasteiger partial charge is 0.341 e. The van der Waals surface area contributed by atoms with Crippen LogP contribution >= 0.6 is 0 Å². The highest BCUT2D eigenvalue weighted by Crippen LogP contribution is 2.14. The number of aromatic carboxylic acids is 1. The number of rotatable bonds is 2. The van der Waals surface area contributed by atoms with Crippen molar-refractivity contribution in [3.63, 3.8) is 0 Å². The van der Waals surface area contributed by atoms with Gasteiger partial charge in [-0.05, 0) is 56.2 Å². The van der Waals surface area contributed by atoms with Gasteiger partial charge in [-0.25, -0.2) is 4.79 Å². The van der Waals surface area contributed by atoms with Crippen LogP contribution < -0.4 is 5.56 Å². The summed E-state index contributed by atoms with van der Waals surface area (Å²) in [5, 5.41) is 9.02. The first kappa shape index (κ1) is 13.1. The summed E-state index contributed by atoms with van der Waals surface area (Å²) in [7, 11) is 0. The van der Waals surface area contributed by atoms with Crippen molar-refractivity contribution >= 4 is 5.97 Å². The molecule has 0 atom stereocenters. The van der Waals surface area contributed by atoms with Crippen LogP contribution in [0.15, 0.2) is 35.1 Å². The molecular formula is C15H15NO3. The minimum atomic E-state index is -1.21. The van der Waals surface area contributed by atoms with Gasteiger partial charge in [0.15, 0.2) is 0 Å². The summed E-state index contributed by atoms with van der Waals surface area (Å²) in [6, 6.07) is 8.73. The Kier molecular flexibility index (Phi) is 3.25. The average Bonchev–Trinajstić information content (AvgIpc) is 2.26. The molecule has 98 valence electrons. The number of aromatic nitrogens is 1. The molecule has 2 rings (SSSR count). The van der Waals surface area contributed by atoms with Crippen LogP contribution in [0.3, 0.4) is 0 Å². The largest absolute Gasteiger partial charge is 0.477 e. The van der Waals surface area contributed by atoms with E-state index in [9.17, 15) is 9.59 Å². The number of pyridine rings is 1. The summed E-state index contributed by atoms with van der Waals surface area (Å²) >= 11 is 0. The first-order chi connectivity index (χ1) is 8.90. The standard InChI is InChI=1S/C15H15NO3/c1-9-6-10(2)8-12(7-9)16-11(3)4-5-13(14(16)17)15(18)19/h4-8H,1-3H3,(H,18,19). The molecule has 0 aliphatic carbocycles. The Hall–Kier alpha value is -2.36. The molecule has 0 unspecified atom stereocenters. The fourth-order valence-corrected chi connectivity index (χ4v) is 2.19. The van der Waals surface area contributed by atoms with Crippen molar-refractivity contribution in [1.29, 1.82) is 0 Å². The second-order valence-corrected chi connectivity index (χ2v) is 4.68. The summed E-state index contributed by atoms with van der Waals surface area (Å²) in [6.45, 7) is 5.67. The third-order valence-corrected chi connectivity index (χ3v) is 2.97. The molecule has 0 radical (unpaired) electrons. The van der Waals surface area contributed by atoms with Crippen molar-refractivity contribution in [2.75, 3.05) is 0 Å². The maximum absolute atomic E-state index is 12.2. The summed E-state index contributed by atoms with van der Waals surface area (Å²) in [6.07, 6.45) is 0. The van der Waals surface area contributed by atoms with Gasteiger partial charge in [0.2, 0.25) is 0 Å². The molecule has 0 bridgehead atoms. The maximum Gasteiger partial charge on any atom is 0.341 e. The normalized spacial score (nSPS) is 10.5. The molecule has 1 heterocycles. The number of carbonyl (C=O) groups is 1. The zero-order valence-electron chi connectivity index (χ0n) is 11.1. The van der Waals surface area contributed by atoms with Crippen molar-refractivity contribution in [3.8, 4) is 5.69 Å². The molecule has 1 N–H and O–H groups in total. The van der Waals surface area contributed by atoms with Gasteiger partial charge in [0.05, 0.1) is 0 Å². The first-order valence-corrected chi connectivity index (χ1v) is 5.95. The summed E-state index contributed by atoms with van der Waals surface area (Å²) < 4.78 is 1.43. The van der Waals surface area contributed by atoms with E-state index in [-0.39, 0.29) is 5.56 Å². The third kappa shape index (κ3) is 2.42. The minimum Gasteiger partial charge on any atom is -0.477 e. The van der Waals surface area contributed by atoms with Gasteiger partial charge in [-0.3, -0.25) is 9.36 Å². The third-order valence-electron chi connectivity index (χ3n) is 2.97. The van der Waals surface area contributed by atoms with Crippen molar-refractivity contribution in [3.05, 3.63) is 63.1 Å². The molecule has 0 amide bonds. The number of carboxylic acids is 1. The van der Waals surface area contributed by atoms with Gasteiger partial charge >= 0.3 is 5.97 Å². The summed E-state index contributed by atoms with van der Waals surface area (Å²) in [4.78, 5) is 23.3. The zero-order chi connectivity index (χ0) is 14.2. The van der Waals surface area contributed by atoms with Crippen LogP contribution in [0.25, 0.3) is 5.69 Å². The molecule has 19 heavy (non-hydrogen) atoms. The number of hydrogen-bond acceptors (Lipinski definition) is 2. The number of hydrogen-bond donors (Lipinski definition) is 1. The predicted octanol–water partition coefficient (Wildman–Crippen LogP) is 2.46. The second kappa shape index (κ2) is 4.72. The van der Waals surface area contributed by atoms with Crippen LogP contribution in [0.4, 0.5) is 0 Å². The Morgan fingerprint density at radius 1 is 1.05 bits per heavy atom. The van der Waals surface area contributed by atoms with Crippen molar-refractivity contribution in [2.45, 2.75) is 20.8 Å². The molecular weight excluding hydrogens is 242 g/mol. The minimum absolute atomic E-state index is 0.218. The first-order valence-electron chi connectivity index (χ1n) is 5.95. The topological polar surface area (TPSA) is 59.3 Å². The van der Waals surface area contributed by atoms with Gasteiger partial charge in [-0.1, -0.05) is 6.07 Å². The van der Waals surface area contributed by atoms with E-state index in [0.29, 0.717) is 11.4 Å². The zero-order valence-corrected chi connectivity index (χ0v) is 11.1. The fourth-order valence-electron chi connectivity index (χ4n) is 2.19. The van der Waals surface area contributed by atoms with Crippen molar-refractivity contribution in [1.82, 2.24) is 4.57 Å². The fraction of sp³-hybridized carbons (Fsp3) is 0.200. The quantitative estimate of drug-likeness (QED) is 0.899. The molecule has 1 aromatic heterocycles. The van der Waals surface area contributed by atoms with Crippen LogP contribution in [0.1, 0.15) is 27.2 Å². The molecule has 0 saturated heterocycles. The Labute approximate surface area is 110 Å². The monoisotopic (exact) mass is 257 g/mol. The predicted molar refractivity (Wildman–Crippen MR) is 73.2 cm³/mol. The number of carboxylic acid groups (broad SMARTS) is 1. The molecule has 1 aromatic carbocycles. The van der Waals surface area contributed by atoms with Crippen LogP contribution in [0, 0.1) is 20.8 Å². The molecule has 4 heteroatoms. The van der Waals surface area contributed by atoms with Gasteiger partial charge in [0.1, 0.15) is 5.56 Å². The number of benzene rings is 1. The lowest BCUT2D eigenvalue weighted by molar-refractivity contribution is 0.0694. The number of nitrogens with zero attached hydrogens (tertiary/aromatic N) is 1. The lowest BCUT2D eigenvalue weighted by atomic mass is 10.1. The van der Waals surface area contributed by atoms with Gasteiger partial charge in [-0.2, -0.15) is 0 Å². The average molecular weight is 257 g/mol. The molecule has 2 aromatic rings. The van der Waals surface area contributed by atoms with E-state index in [1.165, 1.54) is 10.6 Å². The highest BCUT2D eigenvalue weighted by Gasteiger charge is 2.13. The van der Waals surface area contributed by atoms with Crippen LogP contribution in [-0.4, -0.2) is 15.6 Å². The van der Waals surface area contributed by atoms with Crippen LogP contribution in [0.5, 0.6) is 0 Å². The molecule has 0 aliphatic heterocycles. The number of aryl methyl sites for hydroxylation is 3. The van der Waals surface area contributed by atoms with Crippen molar-refractivity contribution < 1.29 is 9.90 Å². The molecule has 0 saturated carbocycles. The van der Waals surface area contributed by atoms with E-state index in [2.05, 4.69) is 0 Å². The van der Waals surface area contributed by atoms with E-state index in [0.717, 1.165) is 11.1 Å². The van der Waals surface area contributed by atoms with Gasteiger partial charge < -0.3 is 5.11 Å². The van der Waals surface area contributed by atoms with Gasteiger partial charge in [0, 0.05) is 11.4 Å². The SMILES string of the molecule is Cc1cc(C)cc(-n2c(C)ccc(C(=O)O)c2=O)c1. The lowest BCUT2D eigenvalue weighted by Gasteiger charge is -2.12. The van der Waals surface area contributed by atoms with E-state index in [4.69, 9.17) is 5.11 Å². The summed E-state index contributed by atoms with van der Waals surface area (Å²) in [5.41, 5.74) is 2.74. The van der Waals surface area contributed by atoms with Crippen molar-refractivity contribution in [2.24, 2.45) is 0 Å². The van der Waals surface area contributed by atoms with E-state index >= 15 is 0 Å². The maximum atomic E-state index is 12.2. The highest BCUT2D eigenvalue weighted by atomic mass is 16.4. The van der Waals surface area contributed by atoms with E-state index in [1.54, 1.807) is 13.0 Å². The Balaban J connectivity index is 2.78. The Bertz CT molecular complexity index is 694. The molecule has 4 nitrogen and oxygen atoms in total. The summed E-state index contributed by atoms with van der Waals surface area (Å²) in [5.74, 6) is -1.21. The van der Waals surface area contributed by atoms with Gasteiger partial charge in [-0.15, -0.1) is 0 Å². The lowest BCUT2D eigenvalue weighted by Crippen LogP contribution is -2.26. The Morgan fingerprint density at radius 3 is 2.16 bits per heavy atom. The van der Waals surface area contributed by atoms with Crippen LogP contribution in [-0.2, 0) is 0 Å². The van der Waals surface area contributed by atoms with E-state index < -0.39 is 11.5 Å². The second-order valence-electron chi connectivity index (χ2n) is 4.68. The highest BCUT2D eigenvalue weighted by molar-refractivity contribution is 5.87. The molecule has 0 aliphatic rings.